The Hall–Kier alpha value is -2.04. The first kappa shape index (κ1) is 9.51. The highest BCUT2D eigenvalue weighted by molar-refractivity contribution is 5.92. The standard InChI is InChI=1S/C10H11N3O2/c1-2-13-8-5-6(9(14)15)3-4-7(8)12-10(13)11/h3-5H,2H2,1H3,(H2,11,12)(H,14,15). The lowest BCUT2D eigenvalue weighted by molar-refractivity contribution is 0.0697. The maximum absolute atomic E-state index is 10.8. The average Bonchev–Trinajstić information content (AvgIpc) is 2.51. The van der Waals surface area contributed by atoms with Crippen molar-refractivity contribution < 1.29 is 9.90 Å². The Labute approximate surface area is 86.1 Å². The second-order valence-electron chi connectivity index (χ2n) is 3.22. The molecular weight excluding hydrogens is 194 g/mol. The number of carboxylic acid groups (broad SMARTS) is 1. The maximum Gasteiger partial charge on any atom is 0.335 e. The van der Waals surface area contributed by atoms with E-state index in [0.717, 1.165) is 11.0 Å². The van der Waals surface area contributed by atoms with Crippen molar-refractivity contribution in [2.45, 2.75) is 13.5 Å². The minimum absolute atomic E-state index is 0.247. The molecule has 3 N–H and O–H groups in total. The molecule has 1 heterocycles. The molecule has 1 aromatic carbocycles. The molecule has 5 heteroatoms. The monoisotopic (exact) mass is 205 g/mol. The van der Waals surface area contributed by atoms with Crippen LogP contribution in [0.1, 0.15) is 17.3 Å². The number of nitrogens with zero attached hydrogens (tertiary/aromatic N) is 2. The Morgan fingerprint density at radius 2 is 2.33 bits per heavy atom. The predicted octanol–water partition coefficient (Wildman–Crippen LogP) is 1.34. The molecule has 0 aliphatic heterocycles. The molecule has 0 spiro atoms. The second kappa shape index (κ2) is 3.27. The van der Waals surface area contributed by atoms with E-state index in [4.69, 9.17) is 10.8 Å². The second-order valence-corrected chi connectivity index (χ2v) is 3.22. The zero-order valence-electron chi connectivity index (χ0n) is 8.27. The third-order valence-corrected chi connectivity index (χ3v) is 2.34. The number of benzene rings is 1. The van der Waals surface area contributed by atoms with Crippen LogP contribution in [0.3, 0.4) is 0 Å². The molecule has 0 bridgehead atoms. The number of aromatic carboxylic acids is 1. The number of hydrogen-bond acceptors (Lipinski definition) is 3. The van der Waals surface area contributed by atoms with Crippen LogP contribution in [0, 0.1) is 0 Å². The summed E-state index contributed by atoms with van der Waals surface area (Å²) < 4.78 is 1.78. The molecule has 0 saturated heterocycles. The number of nitrogen functional groups attached to an aromatic ring is 1. The van der Waals surface area contributed by atoms with Crippen molar-refractivity contribution in [1.29, 1.82) is 0 Å². The zero-order chi connectivity index (χ0) is 11.0. The van der Waals surface area contributed by atoms with Crippen LogP contribution in [0.25, 0.3) is 11.0 Å². The summed E-state index contributed by atoms with van der Waals surface area (Å²) in [5, 5.41) is 8.85. The Bertz CT molecular complexity index is 531. The first-order chi connectivity index (χ1) is 7.13. The number of nitrogens with two attached hydrogens (primary N) is 1. The Balaban J connectivity index is 2.73. The number of carbonyl (C=O) groups is 1. The van der Waals surface area contributed by atoms with Gasteiger partial charge in [-0.1, -0.05) is 0 Å². The van der Waals surface area contributed by atoms with Crippen LogP contribution in [-0.2, 0) is 6.54 Å². The van der Waals surface area contributed by atoms with E-state index >= 15 is 0 Å². The van der Waals surface area contributed by atoms with Crippen molar-refractivity contribution >= 4 is 23.0 Å². The fraction of sp³-hybridized carbons (Fsp3) is 0.200. The van der Waals surface area contributed by atoms with E-state index in [9.17, 15) is 4.79 Å². The summed E-state index contributed by atoms with van der Waals surface area (Å²) in [6.07, 6.45) is 0. The lowest BCUT2D eigenvalue weighted by Gasteiger charge is -2.01. The Morgan fingerprint density at radius 1 is 1.60 bits per heavy atom. The molecule has 15 heavy (non-hydrogen) atoms. The van der Waals surface area contributed by atoms with Crippen LogP contribution in [0.2, 0.25) is 0 Å². The number of aromatic nitrogens is 2. The van der Waals surface area contributed by atoms with Gasteiger partial charge in [-0.15, -0.1) is 0 Å². The van der Waals surface area contributed by atoms with E-state index in [1.54, 1.807) is 16.7 Å². The normalized spacial score (nSPS) is 10.7. The topological polar surface area (TPSA) is 81.1 Å². The molecular formula is C10H11N3O2. The van der Waals surface area contributed by atoms with Gasteiger partial charge in [0.05, 0.1) is 16.6 Å². The van der Waals surface area contributed by atoms with Crippen molar-refractivity contribution in [3.8, 4) is 0 Å². The van der Waals surface area contributed by atoms with E-state index in [1.165, 1.54) is 6.07 Å². The number of fused-ring (bicyclic) bond motifs is 1. The van der Waals surface area contributed by atoms with Crippen LogP contribution < -0.4 is 5.73 Å². The molecule has 0 saturated carbocycles. The first-order valence-electron chi connectivity index (χ1n) is 4.62. The SMILES string of the molecule is CCn1c(N)nc2ccc(C(=O)O)cc21. The van der Waals surface area contributed by atoms with E-state index in [-0.39, 0.29) is 5.56 Å². The summed E-state index contributed by atoms with van der Waals surface area (Å²) in [6, 6.07) is 4.78. The third kappa shape index (κ3) is 1.41. The molecule has 78 valence electrons. The highest BCUT2D eigenvalue weighted by atomic mass is 16.4. The van der Waals surface area contributed by atoms with Gasteiger partial charge in [0.1, 0.15) is 0 Å². The van der Waals surface area contributed by atoms with Crippen molar-refractivity contribution in [3.63, 3.8) is 0 Å². The molecule has 5 nitrogen and oxygen atoms in total. The molecule has 1 aromatic heterocycles. The molecule has 0 aliphatic carbocycles. The van der Waals surface area contributed by atoms with Crippen molar-refractivity contribution in [2.24, 2.45) is 0 Å². The van der Waals surface area contributed by atoms with Crippen LogP contribution in [0.4, 0.5) is 5.95 Å². The van der Waals surface area contributed by atoms with E-state index in [2.05, 4.69) is 4.98 Å². The Kier molecular flexibility index (Phi) is 2.07. The highest BCUT2D eigenvalue weighted by Crippen LogP contribution is 2.19. The van der Waals surface area contributed by atoms with Gasteiger partial charge in [0.2, 0.25) is 5.95 Å². The summed E-state index contributed by atoms with van der Waals surface area (Å²) in [4.78, 5) is 14.9. The van der Waals surface area contributed by atoms with Crippen LogP contribution >= 0.6 is 0 Å². The predicted molar refractivity (Wildman–Crippen MR) is 56.8 cm³/mol. The number of rotatable bonds is 2. The third-order valence-electron chi connectivity index (χ3n) is 2.34. The molecule has 0 amide bonds. The van der Waals surface area contributed by atoms with Gasteiger partial charge in [0.15, 0.2) is 0 Å². The van der Waals surface area contributed by atoms with Gasteiger partial charge in [-0.3, -0.25) is 0 Å². The van der Waals surface area contributed by atoms with Crippen molar-refractivity contribution in [1.82, 2.24) is 9.55 Å². The largest absolute Gasteiger partial charge is 0.478 e. The lowest BCUT2D eigenvalue weighted by Crippen LogP contribution is -2.01. The summed E-state index contributed by atoms with van der Waals surface area (Å²) in [6.45, 7) is 2.61. The van der Waals surface area contributed by atoms with Gasteiger partial charge in [0, 0.05) is 6.54 Å². The fourth-order valence-electron chi connectivity index (χ4n) is 1.61. The molecule has 0 unspecified atom stereocenters. The van der Waals surface area contributed by atoms with Gasteiger partial charge in [-0.25, -0.2) is 9.78 Å². The highest BCUT2D eigenvalue weighted by Gasteiger charge is 2.09. The van der Waals surface area contributed by atoms with Crippen LogP contribution in [0.15, 0.2) is 18.2 Å². The molecule has 2 aromatic rings. The minimum Gasteiger partial charge on any atom is -0.478 e. The maximum atomic E-state index is 10.8. The number of aryl methyl sites for hydroxylation is 1. The molecule has 2 rings (SSSR count). The van der Waals surface area contributed by atoms with Crippen LogP contribution in [0.5, 0.6) is 0 Å². The van der Waals surface area contributed by atoms with Gasteiger partial charge in [-0.2, -0.15) is 0 Å². The number of hydrogen-bond donors (Lipinski definition) is 2. The van der Waals surface area contributed by atoms with E-state index in [0.29, 0.717) is 12.5 Å². The molecule has 0 atom stereocenters. The number of anilines is 1. The minimum atomic E-state index is -0.945. The summed E-state index contributed by atoms with van der Waals surface area (Å²) in [5.74, 6) is -0.533. The molecule has 0 radical (unpaired) electrons. The van der Waals surface area contributed by atoms with Crippen molar-refractivity contribution in [2.75, 3.05) is 5.73 Å². The van der Waals surface area contributed by atoms with Gasteiger partial charge in [-0.05, 0) is 25.1 Å². The zero-order valence-corrected chi connectivity index (χ0v) is 8.27. The van der Waals surface area contributed by atoms with E-state index < -0.39 is 5.97 Å². The Morgan fingerprint density at radius 3 is 2.93 bits per heavy atom. The summed E-state index contributed by atoms with van der Waals surface area (Å²) >= 11 is 0. The number of imidazole rings is 1. The van der Waals surface area contributed by atoms with Gasteiger partial charge in [0.25, 0.3) is 0 Å². The average molecular weight is 205 g/mol. The molecule has 0 aliphatic rings. The molecule has 0 fully saturated rings. The van der Waals surface area contributed by atoms with Crippen LogP contribution in [-0.4, -0.2) is 20.6 Å². The fourth-order valence-corrected chi connectivity index (χ4v) is 1.61. The van der Waals surface area contributed by atoms with Crippen molar-refractivity contribution in [3.05, 3.63) is 23.8 Å². The lowest BCUT2D eigenvalue weighted by atomic mass is 10.2. The smallest absolute Gasteiger partial charge is 0.335 e. The van der Waals surface area contributed by atoms with E-state index in [1.807, 2.05) is 6.92 Å². The first-order valence-corrected chi connectivity index (χ1v) is 4.62. The summed E-state index contributed by atoms with van der Waals surface area (Å²) in [7, 11) is 0. The van der Waals surface area contributed by atoms with Gasteiger partial charge < -0.3 is 15.4 Å². The number of carboxylic acids is 1. The van der Waals surface area contributed by atoms with Gasteiger partial charge >= 0.3 is 5.97 Å². The quantitative estimate of drug-likeness (QED) is 0.775. The summed E-state index contributed by atoms with van der Waals surface area (Å²) in [5.41, 5.74) is 7.42.